The lowest BCUT2D eigenvalue weighted by molar-refractivity contribution is 0.164. The number of methoxy groups -OCH3 is 1. The average Bonchev–Trinajstić information content (AvgIpc) is 2.67. The molecule has 1 atom stereocenters. The summed E-state index contributed by atoms with van der Waals surface area (Å²) in [5.41, 5.74) is 1.06. The van der Waals surface area contributed by atoms with E-state index < -0.39 is 10.2 Å². The zero-order chi connectivity index (χ0) is 19.0. The highest BCUT2D eigenvalue weighted by atomic mass is 32.2. The first kappa shape index (κ1) is 20.6. The second-order valence-corrected chi connectivity index (χ2v) is 8.33. The molecule has 0 aliphatic carbocycles. The molecule has 0 radical (unpaired) electrons. The van der Waals surface area contributed by atoms with Crippen molar-refractivity contribution in [2.45, 2.75) is 31.7 Å². The Labute approximate surface area is 156 Å². The van der Waals surface area contributed by atoms with Crippen molar-refractivity contribution < 1.29 is 13.2 Å². The molecule has 144 valence electrons. The molecule has 8 heteroatoms. The van der Waals surface area contributed by atoms with Gasteiger partial charge in [0.2, 0.25) is 0 Å². The number of likely N-dealkylation sites (tertiary alicyclic amines) is 1. The van der Waals surface area contributed by atoms with Crippen molar-refractivity contribution in [3.8, 4) is 11.8 Å². The van der Waals surface area contributed by atoms with Gasteiger partial charge >= 0.3 is 0 Å². The number of ether oxygens (including phenoxy) is 1. The van der Waals surface area contributed by atoms with Crippen molar-refractivity contribution in [1.82, 2.24) is 13.9 Å². The first-order valence-electron chi connectivity index (χ1n) is 8.94. The first-order chi connectivity index (χ1) is 12.5. The minimum absolute atomic E-state index is 0.0275. The zero-order valence-electron chi connectivity index (χ0n) is 15.5. The number of nitriles is 1. The maximum Gasteiger partial charge on any atom is 0.279 e. The molecule has 1 aromatic rings. The van der Waals surface area contributed by atoms with Gasteiger partial charge in [0.1, 0.15) is 5.75 Å². The number of nitrogens with one attached hydrogen (secondary N) is 1. The minimum Gasteiger partial charge on any atom is -0.497 e. The van der Waals surface area contributed by atoms with Gasteiger partial charge in [-0.2, -0.15) is 18.0 Å². The van der Waals surface area contributed by atoms with Crippen LogP contribution in [-0.4, -0.2) is 58.0 Å². The molecule has 0 aromatic heterocycles. The van der Waals surface area contributed by atoms with E-state index in [0.717, 1.165) is 37.2 Å². The highest BCUT2D eigenvalue weighted by Crippen LogP contribution is 2.26. The molecule has 1 aliphatic rings. The largest absolute Gasteiger partial charge is 0.497 e. The number of rotatable bonds is 9. The van der Waals surface area contributed by atoms with Crippen LogP contribution < -0.4 is 9.46 Å². The Kier molecular flexibility index (Phi) is 7.85. The van der Waals surface area contributed by atoms with E-state index in [-0.39, 0.29) is 19.0 Å². The predicted molar refractivity (Wildman–Crippen MR) is 101 cm³/mol. The van der Waals surface area contributed by atoms with Crippen molar-refractivity contribution in [1.29, 1.82) is 5.26 Å². The summed E-state index contributed by atoms with van der Waals surface area (Å²) in [4.78, 5) is 2.34. The first-order valence-corrected chi connectivity index (χ1v) is 10.4. The van der Waals surface area contributed by atoms with Gasteiger partial charge in [-0.3, -0.25) is 4.90 Å². The third kappa shape index (κ3) is 5.68. The topological polar surface area (TPSA) is 85.7 Å². The predicted octanol–water partition coefficient (Wildman–Crippen LogP) is 1.90. The van der Waals surface area contributed by atoms with E-state index in [9.17, 15) is 8.42 Å². The summed E-state index contributed by atoms with van der Waals surface area (Å²) in [5, 5.41) is 8.65. The normalized spacial score (nSPS) is 17.0. The Bertz CT molecular complexity index is 694. The van der Waals surface area contributed by atoms with Crippen molar-refractivity contribution in [2.24, 2.45) is 0 Å². The Hall–Kier alpha value is -1.66. The van der Waals surface area contributed by atoms with E-state index in [1.54, 1.807) is 7.11 Å². The summed E-state index contributed by atoms with van der Waals surface area (Å²) < 4.78 is 34.0. The van der Waals surface area contributed by atoms with Gasteiger partial charge in [0.15, 0.2) is 0 Å². The molecule has 0 bridgehead atoms. The quantitative estimate of drug-likeness (QED) is 0.707. The van der Waals surface area contributed by atoms with Gasteiger partial charge in [-0.25, -0.2) is 4.72 Å². The molecule has 1 saturated heterocycles. The highest BCUT2D eigenvalue weighted by molar-refractivity contribution is 7.87. The number of benzene rings is 1. The third-order valence-corrected chi connectivity index (χ3v) is 6.27. The van der Waals surface area contributed by atoms with Gasteiger partial charge in [0.25, 0.3) is 10.2 Å². The molecule has 26 heavy (non-hydrogen) atoms. The summed E-state index contributed by atoms with van der Waals surface area (Å²) in [7, 11) is -0.490. The summed E-state index contributed by atoms with van der Waals surface area (Å²) >= 11 is 0. The van der Waals surface area contributed by atoms with Crippen molar-refractivity contribution in [2.75, 3.05) is 40.3 Å². The Morgan fingerprint density at radius 1 is 1.27 bits per heavy atom. The number of hydrogen-bond acceptors (Lipinski definition) is 5. The molecule has 1 aromatic carbocycles. The molecule has 2 rings (SSSR count). The van der Waals surface area contributed by atoms with Crippen LogP contribution in [-0.2, 0) is 10.2 Å². The Balaban J connectivity index is 2.12. The van der Waals surface area contributed by atoms with Crippen LogP contribution >= 0.6 is 0 Å². The van der Waals surface area contributed by atoms with E-state index in [1.807, 2.05) is 30.3 Å². The summed E-state index contributed by atoms with van der Waals surface area (Å²) in [5.74, 6) is 0.781. The van der Waals surface area contributed by atoms with Crippen LogP contribution in [0.3, 0.4) is 0 Å². The van der Waals surface area contributed by atoms with E-state index >= 15 is 0 Å². The number of nitrogens with zero attached hydrogens (tertiary/aromatic N) is 3. The molecule has 1 fully saturated rings. The monoisotopic (exact) mass is 380 g/mol. The lowest BCUT2D eigenvalue weighted by Crippen LogP contribution is -2.44. The molecule has 1 N–H and O–H groups in total. The van der Waals surface area contributed by atoms with E-state index in [1.165, 1.54) is 17.8 Å². The average molecular weight is 381 g/mol. The summed E-state index contributed by atoms with van der Waals surface area (Å²) in [6.07, 6.45) is 3.64. The summed E-state index contributed by atoms with van der Waals surface area (Å²) in [6.45, 7) is 2.40. The molecular weight excluding hydrogens is 352 g/mol. The molecule has 0 saturated carbocycles. The fourth-order valence-electron chi connectivity index (χ4n) is 3.14. The molecule has 0 spiro atoms. The second-order valence-electron chi connectivity index (χ2n) is 6.47. The van der Waals surface area contributed by atoms with Crippen LogP contribution in [0, 0.1) is 11.3 Å². The van der Waals surface area contributed by atoms with Crippen molar-refractivity contribution in [3.05, 3.63) is 29.8 Å². The van der Waals surface area contributed by atoms with E-state index in [2.05, 4.69) is 9.62 Å². The lowest BCUT2D eigenvalue weighted by atomic mass is 10.0. The van der Waals surface area contributed by atoms with E-state index in [4.69, 9.17) is 10.00 Å². The zero-order valence-corrected chi connectivity index (χ0v) is 16.3. The third-order valence-electron chi connectivity index (χ3n) is 4.74. The van der Waals surface area contributed by atoms with Gasteiger partial charge in [-0.1, -0.05) is 18.6 Å². The van der Waals surface area contributed by atoms with Gasteiger partial charge in [-0.15, -0.1) is 0 Å². The highest BCUT2D eigenvalue weighted by Gasteiger charge is 2.25. The van der Waals surface area contributed by atoms with Crippen LogP contribution in [0.5, 0.6) is 5.75 Å². The minimum atomic E-state index is -3.61. The molecule has 0 amide bonds. The van der Waals surface area contributed by atoms with E-state index in [0.29, 0.717) is 6.54 Å². The summed E-state index contributed by atoms with van der Waals surface area (Å²) in [6, 6.07) is 9.73. The fourth-order valence-corrected chi connectivity index (χ4v) is 4.06. The molecule has 1 unspecified atom stereocenters. The van der Waals surface area contributed by atoms with Gasteiger partial charge in [0.05, 0.1) is 13.2 Å². The number of hydrogen-bond donors (Lipinski definition) is 1. The SMILES string of the molecule is COc1ccc(C(CNS(=O)(=O)N(C)CCC#N)N2CCCCC2)cc1. The maximum atomic E-state index is 12.4. The Morgan fingerprint density at radius 3 is 2.50 bits per heavy atom. The maximum absolute atomic E-state index is 12.4. The molecule has 7 nitrogen and oxygen atoms in total. The standard InChI is InChI=1S/C18H28N4O3S/c1-21(12-6-11-19)26(23,24)20-15-18(22-13-4-3-5-14-22)16-7-9-17(25-2)10-8-16/h7-10,18,20H,3-6,12-15H2,1-2H3. The molecule has 1 heterocycles. The smallest absolute Gasteiger partial charge is 0.279 e. The second kappa shape index (κ2) is 9.88. The van der Waals surface area contributed by atoms with Crippen LogP contribution in [0.1, 0.15) is 37.3 Å². The van der Waals surface area contributed by atoms with Gasteiger partial charge in [0, 0.05) is 32.6 Å². The van der Waals surface area contributed by atoms with Crippen LogP contribution in [0.25, 0.3) is 0 Å². The molecular formula is C18H28N4O3S. The fraction of sp³-hybridized carbons (Fsp3) is 0.611. The van der Waals surface area contributed by atoms with Crippen LogP contribution in [0.4, 0.5) is 0 Å². The van der Waals surface area contributed by atoms with Crippen molar-refractivity contribution >= 4 is 10.2 Å². The molecule has 1 aliphatic heterocycles. The Morgan fingerprint density at radius 2 is 1.92 bits per heavy atom. The van der Waals surface area contributed by atoms with Gasteiger partial charge < -0.3 is 4.74 Å². The lowest BCUT2D eigenvalue weighted by Gasteiger charge is -2.35. The van der Waals surface area contributed by atoms with Crippen LogP contribution in [0.2, 0.25) is 0 Å². The van der Waals surface area contributed by atoms with Gasteiger partial charge in [-0.05, 0) is 43.6 Å². The number of piperidine rings is 1. The van der Waals surface area contributed by atoms with Crippen molar-refractivity contribution in [3.63, 3.8) is 0 Å². The van der Waals surface area contributed by atoms with Crippen LogP contribution in [0.15, 0.2) is 24.3 Å².